The van der Waals surface area contributed by atoms with Gasteiger partial charge in [-0.3, -0.25) is 0 Å². The van der Waals surface area contributed by atoms with E-state index in [4.69, 9.17) is 5.73 Å². The van der Waals surface area contributed by atoms with E-state index in [1.807, 2.05) is 0 Å². The van der Waals surface area contributed by atoms with Crippen LogP contribution in [-0.2, 0) is 0 Å². The number of benzene rings is 1. The molecule has 0 atom stereocenters. The van der Waals surface area contributed by atoms with Crippen molar-refractivity contribution in [3.8, 4) is 0 Å². The molecule has 4 heteroatoms. The van der Waals surface area contributed by atoms with E-state index in [0.717, 1.165) is 9.92 Å². The Kier molecular flexibility index (Phi) is 3.10. The maximum absolute atomic E-state index is 5.74. The van der Waals surface area contributed by atoms with Crippen molar-refractivity contribution >= 4 is 17.6 Å². The first kappa shape index (κ1) is 11.0. The lowest BCUT2D eigenvalue weighted by molar-refractivity contribution is 1.07. The summed E-state index contributed by atoms with van der Waals surface area (Å²) >= 11 is 1.54. The zero-order chi connectivity index (χ0) is 11.5. The molecule has 3 nitrogen and oxygen atoms in total. The van der Waals surface area contributed by atoms with Crippen molar-refractivity contribution in [2.45, 2.75) is 23.8 Å². The quantitative estimate of drug-likeness (QED) is 0.863. The second-order valence-corrected chi connectivity index (χ2v) is 4.66. The van der Waals surface area contributed by atoms with E-state index in [1.54, 1.807) is 12.4 Å². The highest BCUT2D eigenvalue weighted by atomic mass is 32.2. The highest BCUT2D eigenvalue weighted by molar-refractivity contribution is 7.99. The van der Waals surface area contributed by atoms with E-state index < -0.39 is 0 Å². The molecule has 2 N–H and O–H groups in total. The van der Waals surface area contributed by atoms with Crippen LogP contribution in [0.2, 0.25) is 0 Å². The topological polar surface area (TPSA) is 51.8 Å². The molecule has 2 aromatic rings. The van der Waals surface area contributed by atoms with E-state index >= 15 is 0 Å². The lowest BCUT2D eigenvalue weighted by atomic mass is 10.1. The lowest BCUT2D eigenvalue weighted by Crippen LogP contribution is -1.94. The third-order valence-electron chi connectivity index (χ3n) is 2.38. The predicted molar refractivity (Wildman–Crippen MR) is 66.5 cm³/mol. The third kappa shape index (κ3) is 2.33. The first-order chi connectivity index (χ1) is 7.66. The molecule has 0 saturated carbocycles. The van der Waals surface area contributed by atoms with Crippen molar-refractivity contribution in [2.75, 3.05) is 5.73 Å². The lowest BCUT2D eigenvalue weighted by Gasteiger charge is -2.05. The third-order valence-corrected chi connectivity index (χ3v) is 3.38. The number of hydrogen-bond donors (Lipinski definition) is 1. The van der Waals surface area contributed by atoms with Gasteiger partial charge >= 0.3 is 0 Å². The standard InChI is InChI=1S/C12H13N3S/c1-8-3-4-10(7-9(8)2)16-12-11(13)14-5-6-15-12/h3-7H,1-2H3,(H2,13,14). The molecular weight excluding hydrogens is 218 g/mol. The van der Waals surface area contributed by atoms with E-state index in [1.165, 1.54) is 22.9 Å². The van der Waals surface area contributed by atoms with Gasteiger partial charge in [-0.05, 0) is 37.1 Å². The molecule has 2 rings (SSSR count). The highest BCUT2D eigenvalue weighted by Gasteiger charge is 2.04. The first-order valence-electron chi connectivity index (χ1n) is 4.98. The molecule has 0 unspecified atom stereocenters. The molecule has 0 radical (unpaired) electrons. The second-order valence-electron chi connectivity index (χ2n) is 3.59. The summed E-state index contributed by atoms with van der Waals surface area (Å²) in [5.41, 5.74) is 8.30. The van der Waals surface area contributed by atoms with Gasteiger partial charge in [-0.25, -0.2) is 9.97 Å². The maximum Gasteiger partial charge on any atom is 0.156 e. The monoisotopic (exact) mass is 231 g/mol. The fourth-order valence-corrected chi connectivity index (χ4v) is 2.17. The smallest absolute Gasteiger partial charge is 0.156 e. The van der Waals surface area contributed by atoms with Crippen LogP contribution >= 0.6 is 11.8 Å². The molecule has 0 aliphatic carbocycles. The van der Waals surface area contributed by atoms with Gasteiger partial charge in [0.15, 0.2) is 5.82 Å². The van der Waals surface area contributed by atoms with Crippen molar-refractivity contribution in [1.29, 1.82) is 0 Å². The molecule has 0 saturated heterocycles. The van der Waals surface area contributed by atoms with Crippen LogP contribution in [0.15, 0.2) is 40.5 Å². The van der Waals surface area contributed by atoms with Crippen LogP contribution in [0.25, 0.3) is 0 Å². The van der Waals surface area contributed by atoms with Crippen LogP contribution in [0.3, 0.4) is 0 Å². The minimum atomic E-state index is 0.478. The summed E-state index contributed by atoms with van der Waals surface area (Å²) in [4.78, 5) is 9.35. The average Bonchev–Trinajstić information content (AvgIpc) is 2.27. The molecule has 1 aromatic carbocycles. The first-order valence-corrected chi connectivity index (χ1v) is 5.80. The second kappa shape index (κ2) is 4.53. The van der Waals surface area contributed by atoms with Gasteiger partial charge in [0.2, 0.25) is 0 Å². The Balaban J connectivity index is 2.28. The van der Waals surface area contributed by atoms with E-state index in [9.17, 15) is 0 Å². The van der Waals surface area contributed by atoms with Gasteiger partial charge in [-0.15, -0.1) is 0 Å². The largest absolute Gasteiger partial charge is 0.381 e. The van der Waals surface area contributed by atoms with Gasteiger partial charge in [-0.2, -0.15) is 0 Å². The Morgan fingerprint density at radius 2 is 1.81 bits per heavy atom. The van der Waals surface area contributed by atoms with Crippen molar-refractivity contribution < 1.29 is 0 Å². The van der Waals surface area contributed by atoms with Crippen LogP contribution in [0.1, 0.15) is 11.1 Å². The summed E-state index contributed by atoms with van der Waals surface area (Å²) in [6, 6.07) is 6.31. The molecule has 0 bridgehead atoms. The van der Waals surface area contributed by atoms with Crippen LogP contribution in [0, 0.1) is 13.8 Å². The Labute approximate surface area is 99.1 Å². The van der Waals surface area contributed by atoms with Crippen LogP contribution in [0.4, 0.5) is 5.82 Å². The van der Waals surface area contributed by atoms with E-state index in [0.29, 0.717) is 5.82 Å². The molecule has 0 amide bonds. The highest BCUT2D eigenvalue weighted by Crippen LogP contribution is 2.29. The average molecular weight is 231 g/mol. The Morgan fingerprint density at radius 1 is 1.06 bits per heavy atom. The van der Waals surface area contributed by atoms with Crippen molar-refractivity contribution in [3.05, 3.63) is 41.7 Å². The maximum atomic E-state index is 5.74. The zero-order valence-electron chi connectivity index (χ0n) is 9.27. The van der Waals surface area contributed by atoms with Crippen LogP contribution in [-0.4, -0.2) is 9.97 Å². The Bertz CT molecular complexity index is 511. The summed E-state index contributed by atoms with van der Waals surface area (Å²) in [6.45, 7) is 4.19. The van der Waals surface area contributed by atoms with Crippen molar-refractivity contribution in [3.63, 3.8) is 0 Å². The summed E-state index contributed by atoms with van der Waals surface area (Å²) in [5, 5.41) is 0.755. The van der Waals surface area contributed by atoms with Gasteiger partial charge in [0.05, 0.1) is 0 Å². The molecule has 82 valence electrons. The minimum Gasteiger partial charge on any atom is -0.381 e. The summed E-state index contributed by atoms with van der Waals surface area (Å²) in [7, 11) is 0. The fraction of sp³-hybridized carbons (Fsp3) is 0.167. The summed E-state index contributed by atoms with van der Waals surface area (Å²) < 4.78 is 0. The number of aromatic nitrogens is 2. The minimum absolute atomic E-state index is 0.478. The fourth-order valence-electron chi connectivity index (χ4n) is 1.30. The van der Waals surface area contributed by atoms with Crippen LogP contribution < -0.4 is 5.73 Å². The van der Waals surface area contributed by atoms with E-state index in [2.05, 4.69) is 42.0 Å². The predicted octanol–water partition coefficient (Wildman–Crippen LogP) is 2.83. The number of anilines is 1. The zero-order valence-corrected chi connectivity index (χ0v) is 10.1. The van der Waals surface area contributed by atoms with Crippen LogP contribution in [0.5, 0.6) is 0 Å². The molecule has 1 aromatic heterocycles. The number of nitrogens with zero attached hydrogens (tertiary/aromatic N) is 2. The SMILES string of the molecule is Cc1ccc(Sc2nccnc2N)cc1C. The van der Waals surface area contributed by atoms with Gasteiger partial charge in [-0.1, -0.05) is 17.8 Å². The van der Waals surface area contributed by atoms with Crippen molar-refractivity contribution in [2.24, 2.45) is 0 Å². The molecule has 0 spiro atoms. The van der Waals surface area contributed by atoms with Gasteiger partial charge in [0.25, 0.3) is 0 Å². The van der Waals surface area contributed by atoms with E-state index in [-0.39, 0.29) is 0 Å². The molecule has 16 heavy (non-hydrogen) atoms. The molecule has 0 fully saturated rings. The number of nitrogen functional groups attached to an aromatic ring is 1. The number of nitrogens with two attached hydrogens (primary N) is 1. The van der Waals surface area contributed by atoms with Crippen molar-refractivity contribution in [1.82, 2.24) is 9.97 Å². The Hall–Kier alpha value is -1.55. The summed E-state index contributed by atoms with van der Waals surface area (Å²) in [6.07, 6.45) is 3.25. The number of rotatable bonds is 2. The molecule has 1 heterocycles. The van der Waals surface area contributed by atoms with Gasteiger partial charge in [0, 0.05) is 17.3 Å². The number of aryl methyl sites for hydroxylation is 2. The molecular formula is C12H13N3S. The molecule has 0 aliphatic heterocycles. The summed E-state index contributed by atoms with van der Waals surface area (Å²) in [5.74, 6) is 0.478. The Morgan fingerprint density at radius 3 is 2.50 bits per heavy atom. The van der Waals surface area contributed by atoms with Gasteiger partial charge < -0.3 is 5.73 Å². The number of hydrogen-bond acceptors (Lipinski definition) is 4. The molecule has 0 aliphatic rings. The normalized spacial score (nSPS) is 10.4. The van der Waals surface area contributed by atoms with Gasteiger partial charge in [0.1, 0.15) is 5.03 Å².